The first kappa shape index (κ1) is 13.4. The molecule has 2 N–H and O–H groups in total. The molecule has 0 unspecified atom stereocenters. The van der Waals surface area contributed by atoms with Crippen LogP contribution in [-0.2, 0) is 0 Å². The van der Waals surface area contributed by atoms with Crippen molar-refractivity contribution < 1.29 is 9.84 Å². The molecule has 3 nitrogen and oxygen atoms in total. The lowest BCUT2D eigenvalue weighted by molar-refractivity contribution is 0.286. The van der Waals surface area contributed by atoms with Crippen LogP contribution < -0.4 is 10.1 Å². The Morgan fingerprint density at radius 3 is 2.62 bits per heavy atom. The minimum Gasteiger partial charge on any atom is -0.495 e. The number of benzene rings is 1. The van der Waals surface area contributed by atoms with Crippen LogP contribution in [0.2, 0.25) is 10.0 Å². The maximum atomic E-state index is 8.64. The summed E-state index contributed by atoms with van der Waals surface area (Å²) >= 11 is 12.0. The van der Waals surface area contributed by atoms with Crippen molar-refractivity contribution in [3.05, 3.63) is 22.2 Å². The number of anilines is 1. The zero-order valence-corrected chi connectivity index (χ0v) is 10.6. The van der Waals surface area contributed by atoms with Crippen LogP contribution in [0.1, 0.15) is 12.8 Å². The Bertz CT molecular complexity index is 345. The van der Waals surface area contributed by atoms with E-state index in [0.717, 1.165) is 25.1 Å². The summed E-state index contributed by atoms with van der Waals surface area (Å²) in [5.74, 6) is 0.563. The van der Waals surface area contributed by atoms with Gasteiger partial charge in [0.1, 0.15) is 5.75 Å². The van der Waals surface area contributed by atoms with E-state index in [0.29, 0.717) is 15.8 Å². The number of hydrogen-bond acceptors (Lipinski definition) is 3. The number of unbranched alkanes of at least 4 members (excludes halogenated alkanes) is 1. The van der Waals surface area contributed by atoms with Gasteiger partial charge in [-0.05, 0) is 18.9 Å². The Labute approximate surface area is 105 Å². The van der Waals surface area contributed by atoms with Crippen LogP contribution >= 0.6 is 23.2 Å². The van der Waals surface area contributed by atoms with Gasteiger partial charge in [-0.3, -0.25) is 0 Å². The van der Waals surface area contributed by atoms with Crippen molar-refractivity contribution in [2.45, 2.75) is 12.8 Å². The molecule has 1 aromatic rings. The molecule has 0 aliphatic heterocycles. The minimum absolute atomic E-state index is 0.207. The van der Waals surface area contributed by atoms with Gasteiger partial charge in [0.05, 0.1) is 22.8 Å². The van der Waals surface area contributed by atoms with Crippen LogP contribution in [-0.4, -0.2) is 25.4 Å². The highest BCUT2D eigenvalue weighted by atomic mass is 35.5. The predicted molar refractivity (Wildman–Crippen MR) is 67.8 cm³/mol. The highest BCUT2D eigenvalue weighted by molar-refractivity contribution is 6.36. The monoisotopic (exact) mass is 263 g/mol. The third-order valence-electron chi connectivity index (χ3n) is 2.14. The summed E-state index contributed by atoms with van der Waals surface area (Å²) in [6.45, 7) is 0.960. The van der Waals surface area contributed by atoms with E-state index in [-0.39, 0.29) is 6.61 Å². The molecule has 1 rings (SSSR count). The first-order chi connectivity index (χ1) is 7.69. The average molecular weight is 264 g/mol. The maximum absolute atomic E-state index is 8.64. The van der Waals surface area contributed by atoms with Crippen LogP contribution in [0.3, 0.4) is 0 Å². The largest absolute Gasteiger partial charge is 0.495 e. The molecule has 0 aliphatic carbocycles. The maximum Gasteiger partial charge on any atom is 0.139 e. The number of halogens is 2. The van der Waals surface area contributed by atoms with Gasteiger partial charge in [-0.1, -0.05) is 23.2 Å². The van der Waals surface area contributed by atoms with Crippen molar-refractivity contribution in [3.63, 3.8) is 0 Å². The highest BCUT2D eigenvalue weighted by Crippen LogP contribution is 2.33. The lowest BCUT2D eigenvalue weighted by Crippen LogP contribution is -2.03. The molecule has 0 fully saturated rings. The van der Waals surface area contributed by atoms with Crippen molar-refractivity contribution in [3.8, 4) is 5.75 Å². The molecule has 16 heavy (non-hydrogen) atoms. The summed E-state index contributed by atoms with van der Waals surface area (Å²) in [7, 11) is 1.55. The molecule has 0 atom stereocenters. The summed E-state index contributed by atoms with van der Waals surface area (Å²) in [6, 6.07) is 3.42. The van der Waals surface area contributed by atoms with Crippen molar-refractivity contribution >= 4 is 28.9 Å². The molecular weight excluding hydrogens is 249 g/mol. The van der Waals surface area contributed by atoms with Crippen LogP contribution in [0.25, 0.3) is 0 Å². The van der Waals surface area contributed by atoms with E-state index in [4.69, 9.17) is 33.0 Å². The summed E-state index contributed by atoms with van der Waals surface area (Å²) in [5.41, 5.74) is 0.783. The van der Waals surface area contributed by atoms with E-state index in [1.54, 1.807) is 19.2 Å². The summed E-state index contributed by atoms with van der Waals surface area (Å²) in [6.07, 6.45) is 1.66. The second kappa shape index (κ2) is 6.84. The molecule has 0 radical (unpaired) electrons. The SMILES string of the molecule is COc1cc(Cl)c(NCCCCO)cc1Cl. The third kappa shape index (κ3) is 3.74. The molecule has 0 aromatic heterocycles. The van der Waals surface area contributed by atoms with E-state index in [9.17, 15) is 0 Å². The highest BCUT2D eigenvalue weighted by Gasteiger charge is 2.06. The van der Waals surface area contributed by atoms with Crippen molar-refractivity contribution in [1.82, 2.24) is 0 Å². The Kier molecular flexibility index (Phi) is 5.74. The zero-order chi connectivity index (χ0) is 12.0. The number of rotatable bonds is 6. The summed E-state index contributed by atoms with van der Waals surface area (Å²) < 4.78 is 5.05. The zero-order valence-electron chi connectivity index (χ0n) is 9.09. The molecule has 90 valence electrons. The van der Waals surface area contributed by atoms with Gasteiger partial charge in [0.15, 0.2) is 0 Å². The van der Waals surface area contributed by atoms with E-state index in [2.05, 4.69) is 5.32 Å². The lowest BCUT2D eigenvalue weighted by atomic mass is 10.2. The Balaban J connectivity index is 2.63. The normalized spacial score (nSPS) is 10.2. The summed E-state index contributed by atoms with van der Waals surface area (Å²) in [4.78, 5) is 0. The quantitative estimate of drug-likeness (QED) is 0.775. The Morgan fingerprint density at radius 2 is 2.00 bits per heavy atom. The average Bonchev–Trinajstić information content (AvgIpc) is 2.28. The van der Waals surface area contributed by atoms with Crippen molar-refractivity contribution in [2.75, 3.05) is 25.6 Å². The van der Waals surface area contributed by atoms with E-state index < -0.39 is 0 Å². The van der Waals surface area contributed by atoms with Gasteiger partial charge in [-0.2, -0.15) is 0 Å². The molecule has 0 saturated heterocycles. The number of hydrogen-bond donors (Lipinski definition) is 2. The van der Waals surface area contributed by atoms with Gasteiger partial charge >= 0.3 is 0 Å². The van der Waals surface area contributed by atoms with Crippen molar-refractivity contribution in [1.29, 1.82) is 0 Å². The number of aliphatic hydroxyl groups excluding tert-OH is 1. The Morgan fingerprint density at radius 1 is 1.25 bits per heavy atom. The van der Waals surface area contributed by atoms with Gasteiger partial charge < -0.3 is 15.2 Å². The van der Waals surface area contributed by atoms with Gasteiger partial charge in [-0.25, -0.2) is 0 Å². The van der Waals surface area contributed by atoms with Crippen LogP contribution in [0, 0.1) is 0 Å². The number of methoxy groups -OCH3 is 1. The van der Waals surface area contributed by atoms with Crippen molar-refractivity contribution in [2.24, 2.45) is 0 Å². The smallest absolute Gasteiger partial charge is 0.139 e. The second-order valence-electron chi connectivity index (χ2n) is 3.32. The Hall–Kier alpha value is -0.640. The number of nitrogens with one attached hydrogen (secondary N) is 1. The van der Waals surface area contributed by atoms with Gasteiger partial charge in [0, 0.05) is 19.2 Å². The van der Waals surface area contributed by atoms with Gasteiger partial charge in [0.25, 0.3) is 0 Å². The molecule has 0 amide bonds. The molecule has 0 spiro atoms. The fourth-order valence-electron chi connectivity index (χ4n) is 1.28. The van der Waals surface area contributed by atoms with Crippen LogP contribution in [0.4, 0.5) is 5.69 Å². The molecule has 0 bridgehead atoms. The first-order valence-electron chi connectivity index (χ1n) is 5.06. The lowest BCUT2D eigenvalue weighted by Gasteiger charge is -2.10. The fourth-order valence-corrected chi connectivity index (χ4v) is 1.74. The fraction of sp³-hybridized carbons (Fsp3) is 0.455. The van der Waals surface area contributed by atoms with Crippen LogP contribution in [0.15, 0.2) is 12.1 Å². The molecule has 0 aliphatic rings. The molecule has 5 heteroatoms. The second-order valence-corrected chi connectivity index (χ2v) is 4.14. The van der Waals surface area contributed by atoms with Gasteiger partial charge in [-0.15, -0.1) is 0 Å². The molecule has 0 saturated carbocycles. The van der Waals surface area contributed by atoms with E-state index >= 15 is 0 Å². The first-order valence-corrected chi connectivity index (χ1v) is 5.82. The molecule has 0 heterocycles. The molecular formula is C11H15Cl2NO2. The van der Waals surface area contributed by atoms with Crippen LogP contribution in [0.5, 0.6) is 5.75 Å². The van der Waals surface area contributed by atoms with E-state index in [1.165, 1.54) is 0 Å². The third-order valence-corrected chi connectivity index (χ3v) is 2.75. The standard InChI is InChI=1S/C11H15Cl2NO2/c1-16-11-7-8(12)10(6-9(11)13)14-4-2-3-5-15/h6-7,14-15H,2-5H2,1H3. The number of ether oxygens (including phenoxy) is 1. The number of aliphatic hydroxyl groups is 1. The topological polar surface area (TPSA) is 41.5 Å². The minimum atomic E-state index is 0.207. The van der Waals surface area contributed by atoms with E-state index in [1.807, 2.05) is 0 Å². The van der Waals surface area contributed by atoms with Gasteiger partial charge in [0.2, 0.25) is 0 Å². The predicted octanol–water partition coefficient (Wildman–Crippen LogP) is 3.19. The molecule has 1 aromatic carbocycles. The summed E-state index contributed by atoms with van der Waals surface area (Å²) in [5, 5.41) is 12.9.